The van der Waals surface area contributed by atoms with E-state index >= 15 is 0 Å². The smallest absolute Gasteiger partial charge is 0.118 e. The Hall–Kier alpha value is -1.06. The highest BCUT2D eigenvalue weighted by molar-refractivity contribution is 5.27. The molecule has 1 aromatic rings. The lowest BCUT2D eigenvalue weighted by molar-refractivity contribution is 0.123. The van der Waals surface area contributed by atoms with Crippen molar-refractivity contribution in [1.82, 2.24) is 4.90 Å². The standard InChI is InChI=1S/C17H28N2O/c1-13-10-11-19(12-17(13)18)14(2)4-5-15-6-8-16(20-3)9-7-15/h6-9,13-14,17H,4-5,10-12,18H2,1-3H3. The molecule has 3 atom stereocenters. The largest absolute Gasteiger partial charge is 0.497 e. The molecule has 2 N–H and O–H groups in total. The second-order valence-corrected chi connectivity index (χ2v) is 6.16. The maximum Gasteiger partial charge on any atom is 0.118 e. The number of nitrogens with two attached hydrogens (primary N) is 1. The fraction of sp³-hybridized carbons (Fsp3) is 0.647. The fourth-order valence-electron chi connectivity index (χ4n) is 2.88. The lowest BCUT2D eigenvalue weighted by Gasteiger charge is -2.38. The van der Waals surface area contributed by atoms with Gasteiger partial charge in [-0.15, -0.1) is 0 Å². The van der Waals surface area contributed by atoms with Gasteiger partial charge in [-0.05, 0) is 56.3 Å². The molecule has 112 valence electrons. The summed E-state index contributed by atoms with van der Waals surface area (Å²) < 4.78 is 5.19. The Labute approximate surface area is 123 Å². The first kappa shape index (κ1) is 15.3. The van der Waals surface area contributed by atoms with Crippen molar-refractivity contribution in [3.05, 3.63) is 29.8 Å². The monoisotopic (exact) mass is 276 g/mol. The molecule has 0 saturated carbocycles. The van der Waals surface area contributed by atoms with Crippen LogP contribution in [0.5, 0.6) is 5.75 Å². The molecule has 1 aliphatic rings. The molecular formula is C17H28N2O. The van der Waals surface area contributed by atoms with Crippen molar-refractivity contribution in [2.45, 2.75) is 45.2 Å². The van der Waals surface area contributed by atoms with Gasteiger partial charge in [-0.25, -0.2) is 0 Å². The second-order valence-electron chi connectivity index (χ2n) is 6.16. The quantitative estimate of drug-likeness (QED) is 0.898. The molecule has 0 bridgehead atoms. The van der Waals surface area contributed by atoms with Crippen LogP contribution in [0.3, 0.4) is 0 Å². The van der Waals surface area contributed by atoms with Gasteiger partial charge in [0.25, 0.3) is 0 Å². The average Bonchev–Trinajstić information content (AvgIpc) is 2.48. The molecule has 0 spiro atoms. The van der Waals surface area contributed by atoms with E-state index in [4.69, 9.17) is 10.5 Å². The van der Waals surface area contributed by atoms with Crippen LogP contribution in [0.2, 0.25) is 0 Å². The molecule has 3 nitrogen and oxygen atoms in total. The summed E-state index contributed by atoms with van der Waals surface area (Å²) in [7, 11) is 1.71. The van der Waals surface area contributed by atoms with Crippen LogP contribution in [0.15, 0.2) is 24.3 Å². The van der Waals surface area contributed by atoms with Crippen LogP contribution in [0.1, 0.15) is 32.3 Å². The number of likely N-dealkylation sites (tertiary alicyclic amines) is 1. The number of ether oxygens (including phenoxy) is 1. The third kappa shape index (κ3) is 3.97. The minimum atomic E-state index is 0.340. The Bertz CT molecular complexity index is 404. The third-order valence-electron chi connectivity index (χ3n) is 4.68. The van der Waals surface area contributed by atoms with Gasteiger partial charge in [0, 0.05) is 18.6 Å². The molecule has 1 saturated heterocycles. The van der Waals surface area contributed by atoms with Gasteiger partial charge in [0.05, 0.1) is 7.11 Å². The van der Waals surface area contributed by atoms with Gasteiger partial charge in [0.2, 0.25) is 0 Å². The normalized spacial score (nSPS) is 25.4. The van der Waals surface area contributed by atoms with Crippen LogP contribution < -0.4 is 10.5 Å². The number of methoxy groups -OCH3 is 1. The molecule has 1 aliphatic heterocycles. The summed E-state index contributed by atoms with van der Waals surface area (Å²) in [5, 5.41) is 0. The van der Waals surface area contributed by atoms with Crippen molar-refractivity contribution >= 4 is 0 Å². The lowest BCUT2D eigenvalue weighted by Crippen LogP contribution is -2.50. The number of aryl methyl sites for hydroxylation is 1. The van der Waals surface area contributed by atoms with Crippen molar-refractivity contribution in [3.8, 4) is 5.75 Å². The number of hydrogen-bond acceptors (Lipinski definition) is 3. The molecule has 0 aromatic heterocycles. The van der Waals surface area contributed by atoms with E-state index in [1.807, 2.05) is 12.1 Å². The maximum absolute atomic E-state index is 6.19. The van der Waals surface area contributed by atoms with E-state index in [9.17, 15) is 0 Å². The highest BCUT2D eigenvalue weighted by Gasteiger charge is 2.25. The highest BCUT2D eigenvalue weighted by Crippen LogP contribution is 2.20. The molecule has 1 heterocycles. The molecule has 3 heteroatoms. The first-order valence-electron chi connectivity index (χ1n) is 7.72. The van der Waals surface area contributed by atoms with Crippen LogP contribution in [0, 0.1) is 5.92 Å². The molecule has 3 unspecified atom stereocenters. The minimum absolute atomic E-state index is 0.340. The van der Waals surface area contributed by atoms with E-state index in [1.165, 1.54) is 24.9 Å². The van der Waals surface area contributed by atoms with Gasteiger partial charge >= 0.3 is 0 Å². The Morgan fingerprint density at radius 2 is 2.05 bits per heavy atom. The number of rotatable bonds is 5. The minimum Gasteiger partial charge on any atom is -0.497 e. The number of nitrogens with zero attached hydrogens (tertiary/aromatic N) is 1. The SMILES string of the molecule is COc1ccc(CCC(C)N2CCC(C)C(N)C2)cc1. The molecular weight excluding hydrogens is 248 g/mol. The molecule has 1 fully saturated rings. The summed E-state index contributed by atoms with van der Waals surface area (Å²) in [6.07, 6.45) is 3.54. The predicted molar refractivity (Wildman–Crippen MR) is 84.1 cm³/mol. The molecule has 0 aliphatic carbocycles. The summed E-state index contributed by atoms with van der Waals surface area (Å²) in [6.45, 7) is 6.83. The summed E-state index contributed by atoms with van der Waals surface area (Å²) in [6, 6.07) is 9.35. The van der Waals surface area contributed by atoms with Crippen LogP contribution in [0.25, 0.3) is 0 Å². The Morgan fingerprint density at radius 1 is 1.35 bits per heavy atom. The first-order chi connectivity index (χ1) is 9.60. The lowest BCUT2D eigenvalue weighted by atomic mass is 9.92. The summed E-state index contributed by atoms with van der Waals surface area (Å²) >= 11 is 0. The zero-order valence-electron chi connectivity index (χ0n) is 13.0. The van der Waals surface area contributed by atoms with Crippen molar-refractivity contribution in [2.24, 2.45) is 11.7 Å². The predicted octanol–water partition coefficient (Wildman–Crippen LogP) is 2.69. The van der Waals surface area contributed by atoms with Crippen LogP contribution in [-0.4, -0.2) is 37.2 Å². The van der Waals surface area contributed by atoms with Gasteiger partial charge in [0.1, 0.15) is 5.75 Å². The van der Waals surface area contributed by atoms with Crippen LogP contribution in [0.4, 0.5) is 0 Å². The maximum atomic E-state index is 6.19. The average molecular weight is 276 g/mol. The second kappa shape index (κ2) is 7.09. The Kier molecular flexibility index (Phi) is 5.44. The Morgan fingerprint density at radius 3 is 2.65 bits per heavy atom. The zero-order chi connectivity index (χ0) is 14.5. The Balaban J connectivity index is 1.80. The van der Waals surface area contributed by atoms with E-state index in [2.05, 4.69) is 30.9 Å². The molecule has 0 amide bonds. The molecule has 0 radical (unpaired) electrons. The summed E-state index contributed by atoms with van der Waals surface area (Å²) in [5.74, 6) is 1.60. The van der Waals surface area contributed by atoms with Crippen LogP contribution in [-0.2, 0) is 6.42 Å². The summed E-state index contributed by atoms with van der Waals surface area (Å²) in [4.78, 5) is 2.55. The third-order valence-corrected chi connectivity index (χ3v) is 4.68. The van der Waals surface area contributed by atoms with Crippen molar-refractivity contribution in [2.75, 3.05) is 20.2 Å². The molecule has 1 aromatic carbocycles. The van der Waals surface area contributed by atoms with Crippen molar-refractivity contribution in [3.63, 3.8) is 0 Å². The molecule has 20 heavy (non-hydrogen) atoms. The van der Waals surface area contributed by atoms with Gasteiger partial charge in [-0.3, -0.25) is 4.90 Å². The van der Waals surface area contributed by atoms with E-state index in [0.717, 1.165) is 18.7 Å². The van der Waals surface area contributed by atoms with E-state index in [0.29, 0.717) is 18.0 Å². The van der Waals surface area contributed by atoms with Crippen molar-refractivity contribution in [1.29, 1.82) is 0 Å². The number of benzene rings is 1. The number of hydrogen-bond donors (Lipinski definition) is 1. The first-order valence-corrected chi connectivity index (χ1v) is 7.72. The van der Waals surface area contributed by atoms with Gasteiger partial charge < -0.3 is 10.5 Å². The van der Waals surface area contributed by atoms with Crippen molar-refractivity contribution < 1.29 is 4.74 Å². The van der Waals surface area contributed by atoms with Gasteiger partial charge in [0.15, 0.2) is 0 Å². The number of piperidine rings is 1. The van der Waals surface area contributed by atoms with E-state index in [-0.39, 0.29) is 0 Å². The van der Waals surface area contributed by atoms with E-state index in [1.54, 1.807) is 7.11 Å². The molecule has 2 rings (SSSR count). The summed E-state index contributed by atoms with van der Waals surface area (Å²) in [5.41, 5.74) is 7.57. The van der Waals surface area contributed by atoms with Gasteiger partial charge in [-0.1, -0.05) is 19.1 Å². The van der Waals surface area contributed by atoms with E-state index < -0.39 is 0 Å². The van der Waals surface area contributed by atoms with Crippen LogP contribution >= 0.6 is 0 Å². The topological polar surface area (TPSA) is 38.5 Å². The zero-order valence-corrected chi connectivity index (χ0v) is 13.0. The fourth-order valence-corrected chi connectivity index (χ4v) is 2.88. The van der Waals surface area contributed by atoms with Gasteiger partial charge in [-0.2, -0.15) is 0 Å². The highest BCUT2D eigenvalue weighted by atomic mass is 16.5.